The van der Waals surface area contributed by atoms with Crippen molar-refractivity contribution in [2.24, 2.45) is 0 Å². The molecule has 0 aromatic heterocycles. The summed E-state index contributed by atoms with van der Waals surface area (Å²) < 4.78 is 0. The molecule has 64 heavy (non-hydrogen) atoms. The minimum atomic E-state index is 1.13. The zero-order valence-electron chi connectivity index (χ0n) is 35.0. The Kier molecular flexibility index (Phi) is 8.25. The van der Waals surface area contributed by atoms with E-state index < -0.39 is 0 Å². The van der Waals surface area contributed by atoms with E-state index in [9.17, 15) is 0 Å². The lowest BCUT2D eigenvalue weighted by Crippen LogP contribution is -2.09. The van der Waals surface area contributed by atoms with Gasteiger partial charge in [-0.05, 0) is 172 Å². The fourth-order valence-corrected chi connectivity index (χ4v) is 10.5. The molecule has 0 saturated carbocycles. The van der Waals surface area contributed by atoms with Crippen molar-refractivity contribution in [3.05, 3.63) is 243 Å². The van der Waals surface area contributed by atoms with Crippen molar-refractivity contribution in [3.8, 4) is 22.3 Å². The van der Waals surface area contributed by atoms with Crippen LogP contribution >= 0.6 is 0 Å². The molecule has 298 valence electrons. The van der Waals surface area contributed by atoms with Crippen LogP contribution in [0.4, 0.5) is 34.1 Å². The van der Waals surface area contributed by atoms with Gasteiger partial charge < -0.3 is 9.80 Å². The molecule has 0 aliphatic rings. The maximum absolute atomic E-state index is 2.41. The summed E-state index contributed by atoms with van der Waals surface area (Å²) >= 11 is 0. The Morgan fingerprint density at radius 1 is 0.172 bits per heavy atom. The summed E-state index contributed by atoms with van der Waals surface area (Å²) in [5.41, 5.74) is 11.6. The molecule has 0 unspecified atom stereocenters. The molecular formula is C62H40N2. The molecule has 0 N–H and O–H groups in total. The number of para-hydroxylation sites is 4. The lowest BCUT2D eigenvalue weighted by molar-refractivity contribution is 1.28. The van der Waals surface area contributed by atoms with Gasteiger partial charge in [-0.2, -0.15) is 0 Å². The van der Waals surface area contributed by atoms with E-state index in [1.54, 1.807) is 0 Å². The van der Waals surface area contributed by atoms with Crippen LogP contribution in [0.2, 0.25) is 0 Å². The SMILES string of the molecule is c1ccc(N(c2ccccc2)c2ccc(-c3ccc4c(c3)c3cccc5c3c4c3cccc4c6cc(-c7ccc(N(c8ccccc8)c8ccccc8)cc7)ccc6c5c43)cc2)cc1. The predicted molar refractivity (Wildman–Crippen MR) is 274 cm³/mol. The first-order chi connectivity index (χ1) is 31.8. The normalized spacial score (nSPS) is 11.8. The molecule has 0 aliphatic heterocycles. The molecule has 0 spiro atoms. The molecule has 0 fully saturated rings. The summed E-state index contributed by atoms with van der Waals surface area (Å²) in [4.78, 5) is 4.63. The molecule has 0 radical (unpaired) electrons. The summed E-state index contributed by atoms with van der Waals surface area (Å²) in [7, 11) is 0. The third kappa shape index (κ3) is 5.66. The van der Waals surface area contributed by atoms with Crippen LogP contribution in [0.15, 0.2) is 243 Å². The zero-order chi connectivity index (χ0) is 42.1. The topological polar surface area (TPSA) is 6.48 Å². The fourth-order valence-electron chi connectivity index (χ4n) is 10.5. The molecule has 0 atom stereocenters. The van der Waals surface area contributed by atoms with Gasteiger partial charge in [0.1, 0.15) is 0 Å². The molecule has 13 aromatic rings. The lowest BCUT2D eigenvalue weighted by atomic mass is 9.95. The van der Waals surface area contributed by atoms with Gasteiger partial charge in [0.2, 0.25) is 0 Å². The van der Waals surface area contributed by atoms with Crippen molar-refractivity contribution in [1.82, 2.24) is 0 Å². The van der Waals surface area contributed by atoms with Crippen LogP contribution in [0, 0.1) is 0 Å². The monoisotopic (exact) mass is 812 g/mol. The summed E-state index contributed by atoms with van der Waals surface area (Å²) in [5, 5.41) is 15.9. The molecule has 0 amide bonds. The highest BCUT2D eigenvalue weighted by Gasteiger charge is 2.23. The minimum absolute atomic E-state index is 1.13. The largest absolute Gasteiger partial charge is 0.311 e. The Bertz CT molecular complexity index is 3460. The molecular weight excluding hydrogens is 773 g/mol. The Hall–Kier alpha value is -8.46. The quantitative estimate of drug-likeness (QED) is 0.141. The second-order valence-corrected chi connectivity index (χ2v) is 16.8. The van der Waals surface area contributed by atoms with E-state index in [1.165, 1.54) is 86.9 Å². The third-order valence-electron chi connectivity index (χ3n) is 13.3. The van der Waals surface area contributed by atoms with Crippen LogP contribution in [0.25, 0.3) is 86.9 Å². The van der Waals surface area contributed by atoms with Gasteiger partial charge in [0, 0.05) is 34.1 Å². The van der Waals surface area contributed by atoms with Crippen molar-refractivity contribution in [2.75, 3.05) is 9.80 Å². The maximum Gasteiger partial charge on any atom is 0.0462 e. The Balaban J connectivity index is 0.907. The fraction of sp³-hybridized carbons (Fsp3) is 0. The molecule has 0 bridgehead atoms. The number of rotatable bonds is 8. The number of benzene rings is 11. The summed E-state index contributed by atoms with van der Waals surface area (Å²) in [6.45, 7) is 0. The van der Waals surface area contributed by atoms with Gasteiger partial charge in [-0.15, -0.1) is 0 Å². The van der Waals surface area contributed by atoms with Crippen LogP contribution in [0.3, 0.4) is 0 Å². The summed E-state index contributed by atoms with van der Waals surface area (Å²) in [6.07, 6.45) is 0. The first-order valence-corrected chi connectivity index (χ1v) is 22.1. The number of anilines is 6. The van der Waals surface area contributed by atoms with E-state index in [0.29, 0.717) is 0 Å². The Morgan fingerprint density at radius 2 is 0.438 bits per heavy atom. The Labute approximate surface area is 371 Å². The van der Waals surface area contributed by atoms with E-state index in [1.807, 2.05) is 0 Å². The number of hydrogen-bond acceptors (Lipinski definition) is 2. The number of hydrogen-bond donors (Lipinski definition) is 0. The zero-order valence-corrected chi connectivity index (χ0v) is 35.0. The number of nitrogens with zero attached hydrogens (tertiary/aromatic N) is 2. The highest BCUT2D eigenvalue weighted by atomic mass is 15.1. The molecule has 13 rings (SSSR count). The van der Waals surface area contributed by atoms with Crippen molar-refractivity contribution < 1.29 is 0 Å². The smallest absolute Gasteiger partial charge is 0.0462 e. The van der Waals surface area contributed by atoms with Gasteiger partial charge in [0.15, 0.2) is 0 Å². The molecule has 0 heterocycles. The average Bonchev–Trinajstić information content (AvgIpc) is 3.89. The average molecular weight is 813 g/mol. The van der Waals surface area contributed by atoms with Gasteiger partial charge in [0.25, 0.3) is 0 Å². The molecule has 13 aromatic carbocycles. The van der Waals surface area contributed by atoms with Crippen LogP contribution in [-0.4, -0.2) is 0 Å². The first-order valence-electron chi connectivity index (χ1n) is 22.1. The van der Waals surface area contributed by atoms with Crippen LogP contribution in [0.5, 0.6) is 0 Å². The summed E-state index contributed by atoms with van der Waals surface area (Å²) in [5.74, 6) is 0. The van der Waals surface area contributed by atoms with Gasteiger partial charge in [0.05, 0.1) is 0 Å². The van der Waals surface area contributed by atoms with E-state index in [-0.39, 0.29) is 0 Å². The van der Waals surface area contributed by atoms with Crippen LogP contribution in [-0.2, 0) is 0 Å². The highest BCUT2D eigenvalue weighted by molar-refractivity contribution is 6.47. The molecule has 0 saturated heterocycles. The number of fused-ring (bicyclic) bond motifs is 8. The second kappa shape index (κ2) is 14.6. The minimum Gasteiger partial charge on any atom is -0.311 e. The maximum atomic E-state index is 2.41. The third-order valence-corrected chi connectivity index (χ3v) is 13.3. The predicted octanol–water partition coefficient (Wildman–Crippen LogP) is 17.8. The lowest BCUT2D eigenvalue weighted by Gasteiger charge is -2.25. The van der Waals surface area contributed by atoms with E-state index >= 15 is 0 Å². The molecule has 2 nitrogen and oxygen atoms in total. The van der Waals surface area contributed by atoms with Crippen molar-refractivity contribution in [1.29, 1.82) is 0 Å². The van der Waals surface area contributed by atoms with Gasteiger partial charge in [-0.1, -0.05) is 158 Å². The van der Waals surface area contributed by atoms with Gasteiger partial charge >= 0.3 is 0 Å². The van der Waals surface area contributed by atoms with E-state index in [4.69, 9.17) is 0 Å². The van der Waals surface area contributed by atoms with Crippen molar-refractivity contribution in [2.45, 2.75) is 0 Å². The van der Waals surface area contributed by atoms with Crippen LogP contribution in [0.1, 0.15) is 0 Å². The van der Waals surface area contributed by atoms with Gasteiger partial charge in [-0.3, -0.25) is 0 Å². The van der Waals surface area contributed by atoms with Crippen LogP contribution < -0.4 is 9.80 Å². The van der Waals surface area contributed by atoms with E-state index in [2.05, 4.69) is 252 Å². The standard InChI is InChI=1S/C62H40N2/c1-5-15-45(16-6-1)63(46-17-7-2-8-18-46)49-33-27-41(28-34-49)43-31-37-53-57(39-43)51-23-13-25-55-59(51)61(53)56-26-14-24-52-58-40-44(32-38-54(58)62(55)60(52)56)42-29-35-50(36-30-42)64(47-19-9-3-10-20-47)48-21-11-4-12-22-48/h1-40H. The molecule has 0 aliphatic carbocycles. The van der Waals surface area contributed by atoms with E-state index in [0.717, 1.165) is 34.1 Å². The second-order valence-electron chi connectivity index (χ2n) is 16.8. The van der Waals surface area contributed by atoms with Gasteiger partial charge in [-0.25, -0.2) is 0 Å². The first kappa shape index (κ1) is 36.2. The molecule has 2 heteroatoms. The Morgan fingerprint density at radius 3 is 0.766 bits per heavy atom. The van der Waals surface area contributed by atoms with Crippen molar-refractivity contribution in [3.63, 3.8) is 0 Å². The summed E-state index contributed by atoms with van der Waals surface area (Å²) in [6, 6.07) is 88.4. The van der Waals surface area contributed by atoms with Crippen molar-refractivity contribution >= 4 is 98.8 Å². The highest BCUT2D eigenvalue weighted by Crippen LogP contribution is 2.51.